The Morgan fingerprint density at radius 3 is 1.33 bits per heavy atom. The van der Waals surface area contributed by atoms with Crippen molar-refractivity contribution in [1.82, 2.24) is 0 Å². The summed E-state index contributed by atoms with van der Waals surface area (Å²) < 4.78 is 28.2. The number of halogens is 2. The van der Waals surface area contributed by atoms with Gasteiger partial charge in [-0.2, -0.15) is 0 Å². The van der Waals surface area contributed by atoms with E-state index in [-0.39, 0.29) is 17.6 Å². The van der Waals surface area contributed by atoms with E-state index in [0.29, 0.717) is 10.8 Å². The standard InChI is InChI=1S/C22H16F2/c1-14(15-10-12-21(23)19-8-4-2-6-17(15)19)16-11-13-22(24)20-9-5-3-7-18(16)20/h2-14H,1H3. The monoisotopic (exact) mass is 318 g/mol. The van der Waals surface area contributed by atoms with Crippen molar-refractivity contribution in [2.24, 2.45) is 0 Å². The third-order valence-corrected chi connectivity index (χ3v) is 4.74. The van der Waals surface area contributed by atoms with E-state index in [9.17, 15) is 8.78 Å². The van der Waals surface area contributed by atoms with Crippen molar-refractivity contribution in [2.45, 2.75) is 12.8 Å². The van der Waals surface area contributed by atoms with E-state index >= 15 is 0 Å². The van der Waals surface area contributed by atoms with Gasteiger partial charge in [0.05, 0.1) is 0 Å². The average Bonchev–Trinajstić information content (AvgIpc) is 2.62. The number of benzene rings is 4. The lowest BCUT2D eigenvalue weighted by Crippen LogP contribution is -2.00. The second-order valence-corrected chi connectivity index (χ2v) is 6.09. The average molecular weight is 318 g/mol. The number of fused-ring (bicyclic) bond motifs is 2. The van der Waals surface area contributed by atoms with Crippen LogP contribution < -0.4 is 0 Å². The Morgan fingerprint density at radius 1 is 0.542 bits per heavy atom. The molecule has 0 radical (unpaired) electrons. The van der Waals surface area contributed by atoms with Gasteiger partial charge >= 0.3 is 0 Å². The highest BCUT2D eigenvalue weighted by atomic mass is 19.1. The summed E-state index contributed by atoms with van der Waals surface area (Å²) in [7, 11) is 0. The van der Waals surface area contributed by atoms with Gasteiger partial charge in [-0.1, -0.05) is 67.6 Å². The van der Waals surface area contributed by atoms with Crippen LogP contribution in [0.1, 0.15) is 24.0 Å². The normalized spacial score (nSPS) is 11.5. The first-order valence-corrected chi connectivity index (χ1v) is 8.01. The quantitative estimate of drug-likeness (QED) is 0.400. The Balaban J connectivity index is 1.97. The van der Waals surface area contributed by atoms with Crippen LogP contribution in [0.4, 0.5) is 8.78 Å². The predicted octanol–water partition coefficient (Wildman–Crippen LogP) is 6.42. The molecule has 0 aliphatic carbocycles. The Bertz CT molecular complexity index is 965. The first-order valence-electron chi connectivity index (χ1n) is 8.01. The van der Waals surface area contributed by atoms with Gasteiger partial charge in [0.25, 0.3) is 0 Å². The molecular formula is C22H16F2. The van der Waals surface area contributed by atoms with Crippen LogP contribution >= 0.6 is 0 Å². The van der Waals surface area contributed by atoms with Crippen molar-refractivity contribution in [3.8, 4) is 0 Å². The lowest BCUT2D eigenvalue weighted by molar-refractivity contribution is 0.638. The summed E-state index contributed by atoms with van der Waals surface area (Å²) in [4.78, 5) is 0. The third kappa shape index (κ3) is 2.26. The molecule has 0 N–H and O–H groups in total. The molecule has 0 heterocycles. The van der Waals surface area contributed by atoms with Crippen molar-refractivity contribution >= 4 is 21.5 Å². The van der Waals surface area contributed by atoms with Crippen molar-refractivity contribution in [3.63, 3.8) is 0 Å². The smallest absolute Gasteiger partial charge is 0.131 e. The number of rotatable bonds is 2. The van der Waals surface area contributed by atoms with E-state index in [4.69, 9.17) is 0 Å². The summed E-state index contributed by atoms with van der Waals surface area (Å²) in [5.41, 5.74) is 2.09. The van der Waals surface area contributed by atoms with Crippen molar-refractivity contribution < 1.29 is 8.78 Å². The first kappa shape index (κ1) is 14.8. The Kier molecular flexibility index (Phi) is 3.53. The van der Waals surface area contributed by atoms with Crippen LogP contribution in [0, 0.1) is 11.6 Å². The summed E-state index contributed by atoms with van der Waals surface area (Å²) in [6, 6.07) is 21.7. The zero-order chi connectivity index (χ0) is 16.7. The lowest BCUT2D eigenvalue weighted by atomic mass is 9.86. The van der Waals surface area contributed by atoms with Crippen LogP contribution in [-0.4, -0.2) is 0 Å². The zero-order valence-corrected chi connectivity index (χ0v) is 13.3. The van der Waals surface area contributed by atoms with Crippen LogP contribution in [0.3, 0.4) is 0 Å². The lowest BCUT2D eigenvalue weighted by Gasteiger charge is -2.18. The summed E-state index contributed by atoms with van der Waals surface area (Å²) in [6.07, 6.45) is 0. The van der Waals surface area contributed by atoms with Gasteiger partial charge in [0.2, 0.25) is 0 Å². The molecule has 4 aromatic carbocycles. The summed E-state index contributed by atoms with van der Waals surface area (Å²) in [5.74, 6) is -0.406. The molecule has 4 aromatic rings. The number of hydrogen-bond donors (Lipinski definition) is 0. The van der Waals surface area contributed by atoms with Gasteiger partial charge in [0.1, 0.15) is 11.6 Å². The van der Waals surface area contributed by atoms with Gasteiger partial charge in [0, 0.05) is 16.7 Å². The maximum atomic E-state index is 14.1. The van der Waals surface area contributed by atoms with Gasteiger partial charge in [-0.25, -0.2) is 8.78 Å². The van der Waals surface area contributed by atoms with Crippen molar-refractivity contribution in [3.05, 3.63) is 95.6 Å². The molecule has 0 saturated heterocycles. The molecule has 0 nitrogen and oxygen atoms in total. The van der Waals surface area contributed by atoms with Gasteiger partial charge in [-0.05, 0) is 34.0 Å². The molecular weight excluding hydrogens is 302 g/mol. The molecule has 0 aliphatic rings. The molecule has 4 rings (SSSR count). The molecule has 0 saturated carbocycles. The highest BCUT2D eigenvalue weighted by Crippen LogP contribution is 2.35. The van der Waals surface area contributed by atoms with E-state index in [0.717, 1.165) is 21.9 Å². The maximum absolute atomic E-state index is 14.1. The Morgan fingerprint density at radius 2 is 0.917 bits per heavy atom. The van der Waals surface area contributed by atoms with E-state index < -0.39 is 0 Å². The van der Waals surface area contributed by atoms with Gasteiger partial charge in [0.15, 0.2) is 0 Å². The second-order valence-electron chi connectivity index (χ2n) is 6.09. The minimum absolute atomic E-state index is 0.0287. The highest BCUT2D eigenvalue weighted by Gasteiger charge is 2.16. The van der Waals surface area contributed by atoms with E-state index in [1.165, 1.54) is 12.1 Å². The Hall–Kier alpha value is -2.74. The van der Waals surface area contributed by atoms with Crippen molar-refractivity contribution in [1.29, 1.82) is 0 Å². The number of hydrogen-bond acceptors (Lipinski definition) is 0. The van der Waals surface area contributed by atoms with Crippen LogP contribution in [-0.2, 0) is 0 Å². The SMILES string of the molecule is CC(c1ccc(F)c2ccccc12)c1ccc(F)c2ccccc12. The molecule has 0 unspecified atom stereocenters. The summed E-state index contributed by atoms with van der Waals surface area (Å²) >= 11 is 0. The summed E-state index contributed by atoms with van der Waals surface area (Å²) in [5, 5.41) is 3.04. The van der Waals surface area contributed by atoms with Crippen LogP contribution in [0.25, 0.3) is 21.5 Å². The van der Waals surface area contributed by atoms with Gasteiger partial charge in [-0.3, -0.25) is 0 Å². The predicted molar refractivity (Wildman–Crippen MR) is 95.3 cm³/mol. The Labute approximate surface area is 139 Å². The third-order valence-electron chi connectivity index (χ3n) is 4.74. The minimum Gasteiger partial charge on any atom is -0.206 e. The van der Waals surface area contributed by atoms with E-state index in [1.807, 2.05) is 48.5 Å². The molecule has 24 heavy (non-hydrogen) atoms. The van der Waals surface area contributed by atoms with Crippen LogP contribution in [0.2, 0.25) is 0 Å². The fourth-order valence-corrected chi connectivity index (χ4v) is 3.49. The maximum Gasteiger partial charge on any atom is 0.131 e. The molecule has 0 fully saturated rings. The van der Waals surface area contributed by atoms with E-state index in [2.05, 4.69) is 6.92 Å². The topological polar surface area (TPSA) is 0 Å². The van der Waals surface area contributed by atoms with E-state index in [1.54, 1.807) is 12.1 Å². The van der Waals surface area contributed by atoms with Crippen molar-refractivity contribution in [2.75, 3.05) is 0 Å². The zero-order valence-electron chi connectivity index (χ0n) is 13.3. The first-order chi connectivity index (χ1) is 11.7. The molecule has 0 bridgehead atoms. The van der Waals surface area contributed by atoms with Gasteiger partial charge < -0.3 is 0 Å². The molecule has 0 amide bonds. The molecule has 2 heteroatoms. The molecule has 118 valence electrons. The molecule has 0 aromatic heterocycles. The fourth-order valence-electron chi connectivity index (χ4n) is 3.49. The minimum atomic E-state index is -0.217. The highest BCUT2D eigenvalue weighted by molar-refractivity contribution is 5.90. The molecule has 0 aliphatic heterocycles. The summed E-state index contributed by atoms with van der Waals surface area (Å²) in [6.45, 7) is 2.08. The fraction of sp³-hybridized carbons (Fsp3) is 0.0909. The molecule has 0 atom stereocenters. The second kappa shape index (κ2) is 5.72. The van der Waals surface area contributed by atoms with Crippen LogP contribution in [0.5, 0.6) is 0 Å². The molecule has 0 spiro atoms. The van der Waals surface area contributed by atoms with Gasteiger partial charge in [-0.15, -0.1) is 0 Å². The van der Waals surface area contributed by atoms with Crippen LogP contribution in [0.15, 0.2) is 72.8 Å². The largest absolute Gasteiger partial charge is 0.206 e.